The van der Waals surface area contributed by atoms with E-state index in [0.717, 1.165) is 43.7 Å². The topological polar surface area (TPSA) is 56.1 Å². The van der Waals surface area contributed by atoms with E-state index in [1.807, 2.05) is 35.0 Å². The molecule has 2 heterocycles. The zero-order valence-electron chi connectivity index (χ0n) is 12.6. The molecule has 0 bridgehead atoms. The van der Waals surface area contributed by atoms with Gasteiger partial charge in [-0.25, -0.2) is 4.98 Å². The van der Waals surface area contributed by atoms with Crippen molar-refractivity contribution in [3.05, 3.63) is 48.5 Å². The van der Waals surface area contributed by atoms with Crippen LogP contribution in [0.15, 0.2) is 43.0 Å². The molecule has 1 amide bonds. The maximum absolute atomic E-state index is 12.0. The van der Waals surface area contributed by atoms with Crippen molar-refractivity contribution >= 4 is 11.6 Å². The van der Waals surface area contributed by atoms with Crippen LogP contribution in [0, 0.1) is 0 Å². The largest absolute Gasteiger partial charge is 0.378 e. The molecule has 0 unspecified atom stereocenters. The number of anilines is 1. The molecule has 0 saturated carbocycles. The Morgan fingerprint density at radius 3 is 3.18 bits per heavy atom. The average molecular weight is 299 g/mol. The van der Waals surface area contributed by atoms with E-state index < -0.39 is 0 Å². The van der Waals surface area contributed by atoms with Crippen molar-refractivity contribution in [2.75, 3.05) is 11.9 Å². The van der Waals surface area contributed by atoms with Crippen LogP contribution in [0.25, 0.3) is 0 Å². The van der Waals surface area contributed by atoms with Crippen LogP contribution in [0.1, 0.15) is 31.2 Å². The van der Waals surface area contributed by atoms with Gasteiger partial charge in [-0.15, -0.1) is 0 Å². The minimum atomic E-state index is 0.0512. The van der Waals surface area contributed by atoms with E-state index in [0.29, 0.717) is 6.42 Å². The molecule has 1 aliphatic rings. The summed E-state index contributed by atoms with van der Waals surface area (Å²) in [6, 6.07) is 7.93. The number of aromatic nitrogens is 2. The van der Waals surface area contributed by atoms with Crippen LogP contribution >= 0.6 is 0 Å². The maximum Gasteiger partial charge on any atom is 0.224 e. The molecule has 1 aliphatic heterocycles. The Hall–Kier alpha value is -2.14. The number of carbonyl (C=O) groups excluding carboxylic acids is 1. The Balaban J connectivity index is 1.52. The molecule has 2 aromatic rings. The van der Waals surface area contributed by atoms with Gasteiger partial charge in [-0.05, 0) is 37.0 Å². The van der Waals surface area contributed by atoms with E-state index in [-0.39, 0.29) is 12.0 Å². The molecule has 5 heteroatoms. The van der Waals surface area contributed by atoms with E-state index in [1.54, 1.807) is 12.5 Å². The fourth-order valence-electron chi connectivity index (χ4n) is 2.73. The van der Waals surface area contributed by atoms with Gasteiger partial charge in [0.2, 0.25) is 5.91 Å². The second kappa shape index (κ2) is 7.22. The van der Waals surface area contributed by atoms with Crippen molar-refractivity contribution in [1.29, 1.82) is 0 Å². The molecular weight excluding hydrogens is 278 g/mol. The van der Waals surface area contributed by atoms with Gasteiger partial charge in [-0.3, -0.25) is 4.79 Å². The van der Waals surface area contributed by atoms with Gasteiger partial charge in [-0.2, -0.15) is 0 Å². The second-order valence-corrected chi connectivity index (χ2v) is 5.66. The number of rotatable bonds is 6. The molecule has 1 atom stereocenters. The third kappa shape index (κ3) is 4.18. The smallest absolute Gasteiger partial charge is 0.224 e. The lowest BCUT2D eigenvalue weighted by atomic mass is 10.1. The van der Waals surface area contributed by atoms with Crippen molar-refractivity contribution in [3.63, 3.8) is 0 Å². The van der Waals surface area contributed by atoms with Gasteiger partial charge in [0.1, 0.15) is 0 Å². The number of benzene rings is 1. The second-order valence-electron chi connectivity index (χ2n) is 5.66. The lowest BCUT2D eigenvalue weighted by Crippen LogP contribution is -2.15. The lowest BCUT2D eigenvalue weighted by Gasteiger charge is -2.10. The highest BCUT2D eigenvalue weighted by molar-refractivity contribution is 5.90. The predicted molar refractivity (Wildman–Crippen MR) is 84.6 cm³/mol. The maximum atomic E-state index is 12.0. The third-order valence-electron chi connectivity index (χ3n) is 3.85. The Morgan fingerprint density at radius 2 is 2.41 bits per heavy atom. The monoisotopic (exact) mass is 299 g/mol. The highest BCUT2D eigenvalue weighted by Crippen LogP contribution is 2.18. The molecule has 22 heavy (non-hydrogen) atoms. The standard InChI is InChI=1S/C17H21N3O2/c21-17(7-6-16-5-2-10-22-16)19-15-4-1-3-14(11-15)12-20-9-8-18-13-20/h1,3-4,8-9,11,13,16H,2,5-7,10,12H2,(H,19,21)/t16-/m1/s1. The first-order chi connectivity index (χ1) is 10.8. The lowest BCUT2D eigenvalue weighted by molar-refractivity contribution is -0.116. The number of amides is 1. The van der Waals surface area contributed by atoms with Crippen LogP contribution in [0.5, 0.6) is 0 Å². The summed E-state index contributed by atoms with van der Waals surface area (Å²) in [5.74, 6) is 0.0512. The molecule has 0 aliphatic carbocycles. The van der Waals surface area contributed by atoms with Crippen LogP contribution in [-0.2, 0) is 16.1 Å². The Morgan fingerprint density at radius 1 is 1.45 bits per heavy atom. The number of imidazole rings is 1. The van der Waals surface area contributed by atoms with Gasteiger partial charge < -0.3 is 14.6 Å². The molecule has 1 aromatic heterocycles. The van der Waals surface area contributed by atoms with Crippen molar-refractivity contribution in [2.45, 2.75) is 38.3 Å². The van der Waals surface area contributed by atoms with Crippen LogP contribution in [0.4, 0.5) is 5.69 Å². The number of nitrogens with zero attached hydrogens (tertiary/aromatic N) is 2. The van der Waals surface area contributed by atoms with Gasteiger partial charge in [0.15, 0.2) is 0 Å². The summed E-state index contributed by atoms with van der Waals surface area (Å²) in [5.41, 5.74) is 1.98. The van der Waals surface area contributed by atoms with E-state index in [4.69, 9.17) is 4.74 Å². The number of nitrogens with one attached hydrogen (secondary N) is 1. The predicted octanol–water partition coefficient (Wildman–Crippen LogP) is 2.83. The van der Waals surface area contributed by atoms with Gasteiger partial charge in [0.05, 0.1) is 12.4 Å². The Bertz CT molecular complexity index is 604. The van der Waals surface area contributed by atoms with E-state index in [1.165, 1.54) is 0 Å². The highest BCUT2D eigenvalue weighted by Gasteiger charge is 2.16. The van der Waals surface area contributed by atoms with E-state index in [9.17, 15) is 4.79 Å². The first-order valence-corrected chi connectivity index (χ1v) is 7.76. The fourth-order valence-corrected chi connectivity index (χ4v) is 2.73. The normalized spacial score (nSPS) is 17.5. The van der Waals surface area contributed by atoms with Gasteiger partial charge in [-0.1, -0.05) is 12.1 Å². The minimum Gasteiger partial charge on any atom is -0.378 e. The van der Waals surface area contributed by atoms with Crippen molar-refractivity contribution < 1.29 is 9.53 Å². The zero-order chi connectivity index (χ0) is 15.2. The van der Waals surface area contributed by atoms with Gasteiger partial charge >= 0.3 is 0 Å². The Kier molecular flexibility index (Phi) is 4.85. The van der Waals surface area contributed by atoms with Gasteiger partial charge in [0.25, 0.3) is 0 Å². The minimum absolute atomic E-state index is 0.0512. The van der Waals surface area contributed by atoms with Crippen molar-refractivity contribution in [2.24, 2.45) is 0 Å². The third-order valence-corrected chi connectivity index (χ3v) is 3.85. The first kappa shape index (κ1) is 14.8. The SMILES string of the molecule is O=C(CC[C@H]1CCCO1)Nc1cccc(Cn2ccnc2)c1. The van der Waals surface area contributed by atoms with Crippen molar-refractivity contribution in [3.8, 4) is 0 Å². The highest BCUT2D eigenvalue weighted by atomic mass is 16.5. The van der Waals surface area contributed by atoms with E-state index in [2.05, 4.69) is 10.3 Å². The summed E-state index contributed by atoms with van der Waals surface area (Å²) < 4.78 is 7.54. The molecule has 116 valence electrons. The zero-order valence-corrected chi connectivity index (χ0v) is 12.6. The Labute approximate surface area is 130 Å². The summed E-state index contributed by atoms with van der Waals surface area (Å²) in [7, 11) is 0. The molecule has 0 radical (unpaired) electrons. The molecule has 1 saturated heterocycles. The van der Waals surface area contributed by atoms with Crippen LogP contribution < -0.4 is 5.32 Å². The number of carbonyl (C=O) groups is 1. The summed E-state index contributed by atoms with van der Waals surface area (Å²) in [6.45, 7) is 1.59. The molecule has 1 aromatic carbocycles. The first-order valence-electron chi connectivity index (χ1n) is 7.76. The van der Waals surface area contributed by atoms with Crippen LogP contribution in [0.3, 0.4) is 0 Å². The summed E-state index contributed by atoms with van der Waals surface area (Å²) in [6.07, 6.45) is 9.24. The number of hydrogen-bond acceptors (Lipinski definition) is 3. The molecule has 1 fully saturated rings. The summed E-state index contributed by atoms with van der Waals surface area (Å²) >= 11 is 0. The summed E-state index contributed by atoms with van der Waals surface area (Å²) in [4.78, 5) is 16.0. The fraction of sp³-hybridized carbons (Fsp3) is 0.412. The van der Waals surface area contributed by atoms with Crippen LogP contribution in [0.2, 0.25) is 0 Å². The van der Waals surface area contributed by atoms with E-state index >= 15 is 0 Å². The van der Waals surface area contributed by atoms with Crippen LogP contribution in [-0.4, -0.2) is 28.2 Å². The molecule has 0 spiro atoms. The average Bonchev–Trinajstić information content (AvgIpc) is 3.19. The molecular formula is C17H21N3O2. The molecule has 5 nitrogen and oxygen atoms in total. The number of ether oxygens (including phenoxy) is 1. The molecule has 3 rings (SSSR count). The van der Waals surface area contributed by atoms with Crippen molar-refractivity contribution in [1.82, 2.24) is 9.55 Å². The molecule has 1 N–H and O–H groups in total. The van der Waals surface area contributed by atoms with Gasteiger partial charge in [0, 0.05) is 37.7 Å². The summed E-state index contributed by atoms with van der Waals surface area (Å²) in [5, 5.41) is 2.97. The number of hydrogen-bond donors (Lipinski definition) is 1. The quantitative estimate of drug-likeness (QED) is 0.892.